The fourth-order valence-electron chi connectivity index (χ4n) is 2.94. The molecule has 24 heavy (non-hydrogen) atoms. The van der Waals surface area contributed by atoms with E-state index in [1.165, 1.54) is 0 Å². The molecule has 0 aliphatic carbocycles. The first kappa shape index (κ1) is 13.0. The smallest absolute Gasteiger partial charge is 0.108 e. The molecule has 2 aliphatic rings. The molecule has 0 amide bonds. The lowest BCUT2D eigenvalue weighted by atomic mass is 10.3. The van der Waals surface area contributed by atoms with Crippen molar-refractivity contribution in [2.45, 2.75) is 0 Å². The summed E-state index contributed by atoms with van der Waals surface area (Å²) >= 11 is 0. The van der Waals surface area contributed by atoms with Crippen molar-refractivity contribution in [3.63, 3.8) is 0 Å². The van der Waals surface area contributed by atoms with Crippen LogP contribution in [0.1, 0.15) is 11.4 Å². The first-order chi connectivity index (χ1) is 11.8. The molecule has 0 radical (unpaired) electrons. The zero-order valence-electron chi connectivity index (χ0n) is 12.8. The Kier molecular flexibility index (Phi) is 2.72. The molecule has 0 atom stereocenters. The lowest BCUT2D eigenvalue weighted by molar-refractivity contribution is 1.24. The quantitative estimate of drug-likeness (QED) is 0.503. The van der Waals surface area contributed by atoms with Crippen LogP contribution >= 0.6 is 0 Å². The van der Waals surface area contributed by atoms with Crippen molar-refractivity contribution >= 4 is 30.5 Å². The van der Waals surface area contributed by atoms with Crippen molar-refractivity contribution < 1.29 is 0 Å². The van der Waals surface area contributed by atoms with E-state index >= 15 is 0 Å². The molecule has 4 nitrogen and oxygen atoms in total. The van der Waals surface area contributed by atoms with E-state index < -0.39 is 0 Å². The predicted molar refractivity (Wildman–Crippen MR) is 96.0 cm³/mol. The van der Waals surface area contributed by atoms with Crippen molar-refractivity contribution in [2.75, 3.05) is 0 Å². The molecule has 0 unspecified atom stereocenters. The highest BCUT2D eigenvalue weighted by molar-refractivity contribution is 5.93. The zero-order chi connectivity index (χ0) is 15.9. The standard InChI is InChI=1S/C20H14N4/c1-2-15-9-16-3-4-17(23-16)10-18-5-6-19(24-18)11-20-8-13(12-21-20)7-14(1)22-15/h1-7,9-12,22-24H/b14-7-,15-9-,18-10-,19-11-. The van der Waals surface area contributed by atoms with Crippen molar-refractivity contribution in [1.82, 2.24) is 15.0 Å². The molecule has 3 aromatic rings. The topological polar surface area (TPSA) is 59.7 Å². The van der Waals surface area contributed by atoms with Crippen LogP contribution in [0.4, 0.5) is 0 Å². The highest BCUT2D eigenvalue weighted by Gasteiger charge is 2.00. The molecule has 8 bridgehead atoms. The lowest BCUT2D eigenvalue weighted by Crippen LogP contribution is -2.10. The lowest BCUT2D eigenvalue weighted by Gasteiger charge is -1.87. The Morgan fingerprint density at radius 3 is 1.88 bits per heavy atom. The third kappa shape index (κ3) is 2.41. The number of aliphatic imine (C=N–C) groups is 1. The third-order valence-electron chi connectivity index (χ3n) is 4.03. The summed E-state index contributed by atoms with van der Waals surface area (Å²) in [6.45, 7) is 0. The summed E-state index contributed by atoms with van der Waals surface area (Å²) in [5.74, 6) is 0. The number of rotatable bonds is 0. The molecule has 114 valence electrons. The minimum absolute atomic E-state index is 0.822. The van der Waals surface area contributed by atoms with E-state index in [-0.39, 0.29) is 0 Å². The van der Waals surface area contributed by atoms with E-state index in [0.717, 1.165) is 44.1 Å². The minimum Gasteiger partial charge on any atom is -0.355 e. The van der Waals surface area contributed by atoms with E-state index in [1.807, 2.05) is 24.4 Å². The number of nitrogens with one attached hydrogen (secondary N) is 3. The van der Waals surface area contributed by atoms with Gasteiger partial charge in [0.25, 0.3) is 0 Å². The number of nitrogens with zero attached hydrogens (tertiary/aromatic N) is 1. The van der Waals surface area contributed by atoms with E-state index in [4.69, 9.17) is 0 Å². The van der Waals surface area contributed by atoms with Crippen LogP contribution in [0.3, 0.4) is 0 Å². The van der Waals surface area contributed by atoms with Crippen molar-refractivity contribution in [1.29, 1.82) is 0 Å². The summed E-state index contributed by atoms with van der Waals surface area (Å²) in [5.41, 5.74) is 7.20. The van der Waals surface area contributed by atoms with Crippen molar-refractivity contribution in [3.8, 4) is 0 Å². The molecule has 0 saturated heterocycles. The molecular weight excluding hydrogens is 296 g/mol. The van der Waals surface area contributed by atoms with Gasteiger partial charge < -0.3 is 15.0 Å². The summed E-state index contributed by atoms with van der Waals surface area (Å²) in [4.78, 5) is 14.6. The van der Waals surface area contributed by atoms with Gasteiger partial charge in [-0.05, 0) is 60.7 Å². The number of hydrogen-bond donors (Lipinski definition) is 3. The normalized spacial score (nSPS) is 20.5. The summed E-state index contributed by atoms with van der Waals surface area (Å²) < 4.78 is 0. The Morgan fingerprint density at radius 1 is 0.625 bits per heavy atom. The average molecular weight is 310 g/mol. The van der Waals surface area contributed by atoms with Crippen molar-refractivity contribution in [2.24, 2.45) is 4.99 Å². The molecule has 5 heterocycles. The molecule has 3 N–H and O–H groups in total. The van der Waals surface area contributed by atoms with E-state index in [1.54, 1.807) is 0 Å². The fraction of sp³-hybridized carbons (Fsp3) is 0. The van der Waals surface area contributed by atoms with Crippen molar-refractivity contribution in [3.05, 3.63) is 86.2 Å². The SMILES string of the molecule is C1=C2C=NC=1/C=c1/cc/c([nH]1)=C/c1ccc([nH]1)/C=c1/cc/c([nH]1)=C/2. The van der Waals surface area contributed by atoms with Crippen LogP contribution < -0.4 is 21.4 Å². The minimum atomic E-state index is 0.822. The Morgan fingerprint density at radius 2 is 1.21 bits per heavy atom. The highest BCUT2D eigenvalue weighted by Crippen LogP contribution is 2.07. The number of fused-ring (bicyclic) bond motifs is 6. The van der Waals surface area contributed by atoms with Crippen LogP contribution in [-0.2, 0) is 0 Å². The van der Waals surface area contributed by atoms with Gasteiger partial charge in [0, 0.05) is 44.6 Å². The largest absolute Gasteiger partial charge is 0.355 e. The monoisotopic (exact) mass is 310 g/mol. The third-order valence-corrected chi connectivity index (χ3v) is 4.03. The van der Waals surface area contributed by atoms with Crippen LogP contribution in [0.25, 0.3) is 24.3 Å². The molecule has 0 saturated carbocycles. The second kappa shape index (κ2) is 5.01. The van der Waals surface area contributed by atoms with Crippen LogP contribution in [0, 0.1) is 0 Å². The number of aromatic nitrogens is 3. The number of allylic oxidation sites excluding steroid dienone is 1. The number of aromatic amines is 3. The van der Waals surface area contributed by atoms with Gasteiger partial charge in [-0.1, -0.05) is 5.73 Å². The molecule has 3 aromatic heterocycles. The van der Waals surface area contributed by atoms with Crippen LogP contribution in [0.15, 0.2) is 58.4 Å². The highest BCUT2D eigenvalue weighted by atomic mass is 14.8. The first-order valence-electron chi connectivity index (χ1n) is 7.81. The molecule has 2 aliphatic heterocycles. The first-order valence-corrected chi connectivity index (χ1v) is 7.81. The van der Waals surface area contributed by atoms with Gasteiger partial charge in [-0.25, -0.2) is 4.99 Å². The molecular formula is C20H14N4. The summed E-state index contributed by atoms with van der Waals surface area (Å²) in [5, 5.41) is 4.14. The van der Waals surface area contributed by atoms with Gasteiger partial charge in [-0.2, -0.15) is 0 Å². The number of hydrogen-bond acceptors (Lipinski definition) is 1. The molecule has 0 spiro atoms. The van der Waals surface area contributed by atoms with Crippen LogP contribution in [0.2, 0.25) is 0 Å². The van der Waals surface area contributed by atoms with Crippen LogP contribution in [-0.4, -0.2) is 21.2 Å². The Hall–Kier alpha value is -3.49. The van der Waals surface area contributed by atoms with E-state index in [2.05, 4.69) is 68.2 Å². The molecule has 0 aromatic carbocycles. The van der Waals surface area contributed by atoms with E-state index in [0.29, 0.717) is 0 Å². The Bertz CT molecular complexity index is 1190. The fourth-order valence-corrected chi connectivity index (χ4v) is 2.94. The summed E-state index contributed by atoms with van der Waals surface area (Å²) in [6, 6.07) is 12.4. The molecule has 0 fully saturated rings. The molecule has 5 rings (SSSR count). The van der Waals surface area contributed by atoms with Gasteiger partial charge >= 0.3 is 0 Å². The van der Waals surface area contributed by atoms with Gasteiger partial charge in [0.15, 0.2) is 0 Å². The van der Waals surface area contributed by atoms with Gasteiger partial charge in [-0.3, -0.25) is 0 Å². The average Bonchev–Trinajstić information content (AvgIpc) is 3.32. The summed E-state index contributed by atoms with van der Waals surface area (Å²) in [6.07, 6.45) is 10.0. The van der Waals surface area contributed by atoms with Gasteiger partial charge in [-0.15, -0.1) is 0 Å². The van der Waals surface area contributed by atoms with Crippen LogP contribution in [0.5, 0.6) is 0 Å². The molecule has 4 heteroatoms. The predicted octanol–water partition coefficient (Wildman–Crippen LogP) is 0.397. The second-order valence-corrected chi connectivity index (χ2v) is 5.91. The Balaban J connectivity index is 1.81. The second-order valence-electron chi connectivity index (χ2n) is 5.91. The maximum atomic E-state index is 4.41. The van der Waals surface area contributed by atoms with Gasteiger partial charge in [0.05, 0.1) is 0 Å². The maximum absolute atomic E-state index is 4.41. The maximum Gasteiger partial charge on any atom is 0.108 e. The van der Waals surface area contributed by atoms with E-state index in [9.17, 15) is 0 Å². The van der Waals surface area contributed by atoms with Gasteiger partial charge in [0.2, 0.25) is 0 Å². The zero-order valence-corrected chi connectivity index (χ0v) is 12.8. The number of H-pyrrole nitrogens is 3. The van der Waals surface area contributed by atoms with Gasteiger partial charge in [0.1, 0.15) is 5.70 Å². The Labute approximate surface area is 137 Å². The summed E-state index contributed by atoms with van der Waals surface area (Å²) in [7, 11) is 0.